The lowest BCUT2D eigenvalue weighted by Gasteiger charge is -2.18. The van der Waals surface area contributed by atoms with Gasteiger partial charge in [-0.25, -0.2) is 4.79 Å². The molecule has 0 aromatic carbocycles. The van der Waals surface area contributed by atoms with E-state index in [1.165, 1.54) is 22.3 Å². The zero-order valence-corrected chi connectivity index (χ0v) is 16.0. The monoisotopic (exact) mass is 375 g/mol. The normalized spacial score (nSPS) is 16.6. The van der Waals surface area contributed by atoms with Crippen molar-refractivity contribution in [1.82, 2.24) is 0 Å². The van der Waals surface area contributed by atoms with Crippen molar-refractivity contribution >= 4 is 45.6 Å². The molecule has 2 aromatic heterocycles. The summed E-state index contributed by atoms with van der Waals surface area (Å²) in [5.74, 6) is 0.0288. The van der Waals surface area contributed by atoms with Crippen LogP contribution in [0.3, 0.4) is 0 Å². The van der Waals surface area contributed by atoms with Gasteiger partial charge in [-0.1, -0.05) is 13.0 Å². The number of nitrogens with one attached hydrogen (secondary N) is 1. The molecular weight excluding hydrogens is 354 g/mol. The van der Waals surface area contributed by atoms with Gasteiger partial charge in [0.05, 0.1) is 12.2 Å². The van der Waals surface area contributed by atoms with Crippen LogP contribution >= 0.6 is 22.7 Å². The van der Waals surface area contributed by atoms with Gasteiger partial charge in [-0.05, 0) is 55.2 Å². The van der Waals surface area contributed by atoms with Gasteiger partial charge in [-0.15, -0.1) is 22.7 Å². The topological polar surface area (TPSA) is 55.4 Å². The van der Waals surface area contributed by atoms with Gasteiger partial charge >= 0.3 is 5.97 Å². The minimum Gasteiger partial charge on any atom is -0.462 e. The van der Waals surface area contributed by atoms with E-state index in [4.69, 9.17) is 4.74 Å². The second-order valence-corrected chi connectivity index (χ2v) is 8.20. The first kappa shape index (κ1) is 17.9. The van der Waals surface area contributed by atoms with Crippen LogP contribution in [0.25, 0.3) is 6.08 Å². The average Bonchev–Trinajstić information content (AvgIpc) is 3.19. The van der Waals surface area contributed by atoms with Crippen molar-refractivity contribution in [2.45, 2.75) is 33.1 Å². The summed E-state index contributed by atoms with van der Waals surface area (Å²) in [4.78, 5) is 26.9. The molecule has 6 heteroatoms. The van der Waals surface area contributed by atoms with Gasteiger partial charge in [-0.3, -0.25) is 4.79 Å². The molecule has 0 spiro atoms. The zero-order chi connectivity index (χ0) is 17.8. The van der Waals surface area contributed by atoms with Crippen LogP contribution in [0.5, 0.6) is 0 Å². The van der Waals surface area contributed by atoms with E-state index < -0.39 is 0 Å². The van der Waals surface area contributed by atoms with Crippen molar-refractivity contribution in [1.29, 1.82) is 0 Å². The van der Waals surface area contributed by atoms with Crippen LogP contribution < -0.4 is 5.32 Å². The van der Waals surface area contributed by atoms with Gasteiger partial charge in [0.15, 0.2) is 0 Å². The Balaban J connectivity index is 1.84. The van der Waals surface area contributed by atoms with Crippen molar-refractivity contribution in [3.05, 3.63) is 44.5 Å². The number of thiophene rings is 2. The molecule has 132 valence electrons. The van der Waals surface area contributed by atoms with Crippen molar-refractivity contribution in [3.63, 3.8) is 0 Å². The second kappa shape index (κ2) is 7.97. The Morgan fingerprint density at radius 1 is 1.44 bits per heavy atom. The van der Waals surface area contributed by atoms with Gasteiger partial charge in [0.1, 0.15) is 5.00 Å². The molecule has 3 rings (SSSR count). The molecule has 1 amide bonds. The first-order chi connectivity index (χ1) is 12.1. The van der Waals surface area contributed by atoms with Gasteiger partial charge in [-0.2, -0.15) is 0 Å². The maximum absolute atomic E-state index is 12.4. The number of carbonyl (C=O) groups is 2. The number of hydrogen-bond donors (Lipinski definition) is 1. The Hall–Kier alpha value is -1.92. The van der Waals surface area contributed by atoms with Crippen molar-refractivity contribution in [2.24, 2.45) is 5.92 Å². The maximum Gasteiger partial charge on any atom is 0.341 e. The predicted molar refractivity (Wildman–Crippen MR) is 103 cm³/mol. The fourth-order valence-corrected chi connectivity index (χ4v) is 4.98. The Kier molecular flexibility index (Phi) is 5.71. The molecule has 2 heterocycles. The largest absolute Gasteiger partial charge is 0.462 e. The molecule has 0 radical (unpaired) electrons. The van der Waals surface area contributed by atoms with Gasteiger partial charge in [0.2, 0.25) is 5.91 Å². The molecular formula is C19H21NO3S2. The number of esters is 1. The summed E-state index contributed by atoms with van der Waals surface area (Å²) >= 11 is 3.08. The van der Waals surface area contributed by atoms with Crippen LogP contribution in [0.2, 0.25) is 0 Å². The number of rotatable bonds is 5. The number of hydrogen-bond acceptors (Lipinski definition) is 5. The van der Waals surface area contributed by atoms with Crippen LogP contribution in [-0.2, 0) is 22.4 Å². The zero-order valence-electron chi connectivity index (χ0n) is 14.3. The fraction of sp³-hybridized carbons (Fsp3) is 0.368. The smallest absolute Gasteiger partial charge is 0.341 e. The van der Waals surface area contributed by atoms with E-state index in [-0.39, 0.29) is 11.9 Å². The Morgan fingerprint density at radius 3 is 3.00 bits per heavy atom. The van der Waals surface area contributed by atoms with Crippen molar-refractivity contribution in [2.75, 3.05) is 11.9 Å². The van der Waals surface area contributed by atoms with E-state index in [0.717, 1.165) is 29.7 Å². The number of fused-ring (bicyclic) bond motifs is 1. The lowest BCUT2D eigenvalue weighted by molar-refractivity contribution is -0.111. The molecule has 1 aliphatic carbocycles. The summed E-state index contributed by atoms with van der Waals surface area (Å²) in [5, 5.41) is 5.45. The minimum atomic E-state index is -0.341. The number of carbonyl (C=O) groups excluding carboxylic acids is 2. The van der Waals surface area contributed by atoms with Crippen molar-refractivity contribution in [3.8, 4) is 0 Å². The first-order valence-corrected chi connectivity index (χ1v) is 10.1. The van der Waals surface area contributed by atoms with Crippen LogP contribution in [0.15, 0.2) is 23.6 Å². The first-order valence-electron chi connectivity index (χ1n) is 8.42. The lowest BCUT2D eigenvalue weighted by atomic mass is 9.88. The fourth-order valence-electron chi connectivity index (χ4n) is 2.96. The lowest BCUT2D eigenvalue weighted by Crippen LogP contribution is -2.15. The molecule has 1 aliphatic rings. The van der Waals surface area contributed by atoms with Gasteiger partial charge in [0.25, 0.3) is 0 Å². The molecule has 0 fully saturated rings. The summed E-state index contributed by atoms with van der Waals surface area (Å²) in [5.41, 5.74) is 1.60. The molecule has 4 nitrogen and oxygen atoms in total. The molecule has 2 aromatic rings. The molecule has 0 bridgehead atoms. The third kappa shape index (κ3) is 4.19. The average molecular weight is 376 g/mol. The second-order valence-electron chi connectivity index (χ2n) is 6.11. The van der Waals surface area contributed by atoms with E-state index in [1.807, 2.05) is 17.5 Å². The number of amides is 1. The summed E-state index contributed by atoms with van der Waals surface area (Å²) in [7, 11) is 0. The SMILES string of the molecule is CCOC(=O)c1c(NC(=O)C=Cc2cccs2)sc2c1CCC(C)C2. The summed E-state index contributed by atoms with van der Waals surface area (Å²) in [6, 6.07) is 3.89. The Bertz CT molecular complexity index is 790. The van der Waals surface area contributed by atoms with E-state index in [0.29, 0.717) is 23.1 Å². The van der Waals surface area contributed by atoms with Crippen molar-refractivity contribution < 1.29 is 14.3 Å². The predicted octanol–water partition coefficient (Wildman–Crippen LogP) is 4.76. The number of anilines is 1. The quantitative estimate of drug-likeness (QED) is 0.605. The third-order valence-electron chi connectivity index (χ3n) is 4.17. The van der Waals surface area contributed by atoms with Crippen LogP contribution in [0.4, 0.5) is 5.00 Å². The van der Waals surface area contributed by atoms with E-state index in [9.17, 15) is 9.59 Å². The standard InChI is InChI=1S/C19H21NO3S2/c1-3-23-19(22)17-14-8-6-12(2)11-15(14)25-18(17)20-16(21)9-7-13-5-4-10-24-13/h4-5,7,9-10,12H,3,6,8,11H2,1-2H3,(H,20,21). The molecule has 1 unspecified atom stereocenters. The molecule has 25 heavy (non-hydrogen) atoms. The molecule has 0 aliphatic heterocycles. The van der Waals surface area contributed by atoms with E-state index in [2.05, 4.69) is 12.2 Å². The van der Waals surface area contributed by atoms with E-state index in [1.54, 1.807) is 24.3 Å². The Labute approximate surface area is 155 Å². The van der Waals surface area contributed by atoms with Crippen LogP contribution in [0, 0.1) is 5.92 Å². The highest BCUT2D eigenvalue weighted by Gasteiger charge is 2.28. The van der Waals surface area contributed by atoms with Crippen LogP contribution in [0.1, 0.15) is 45.9 Å². The van der Waals surface area contributed by atoms with Crippen LogP contribution in [-0.4, -0.2) is 18.5 Å². The Morgan fingerprint density at radius 2 is 2.28 bits per heavy atom. The maximum atomic E-state index is 12.4. The molecule has 0 saturated carbocycles. The summed E-state index contributed by atoms with van der Waals surface area (Å²) in [6.07, 6.45) is 6.15. The molecule has 1 N–H and O–H groups in total. The highest BCUT2D eigenvalue weighted by atomic mass is 32.1. The molecule has 1 atom stereocenters. The summed E-state index contributed by atoms with van der Waals surface area (Å²) < 4.78 is 5.22. The summed E-state index contributed by atoms with van der Waals surface area (Å²) in [6.45, 7) is 4.33. The molecule has 0 saturated heterocycles. The van der Waals surface area contributed by atoms with Gasteiger partial charge < -0.3 is 10.1 Å². The highest BCUT2D eigenvalue weighted by molar-refractivity contribution is 7.17. The van der Waals surface area contributed by atoms with E-state index >= 15 is 0 Å². The van der Waals surface area contributed by atoms with Gasteiger partial charge in [0, 0.05) is 15.8 Å². The highest BCUT2D eigenvalue weighted by Crippen LogP contribution is 2.40. The third-order valence-corrected chi connectivity index (χ3v) is 6.18. The minimum absolute atomic E-state index is 0.231. The number of ether oxygens (including phenoxy) is 1.